The monoisotopic (exact) mass is 278 g/mol. The van der Waals surface area contributed by atoms with Crippen LogP contribution in [-0.4, -0.2) is 35.1 Å². The highest BCUT2D eigenvalue weighted by atomic mass is 32.1. The first kappa shape index (κ1) is 14.3. The maximum Gasteiger partial charge on any atom is 0.119 e. The van der Waals surface area contributed by atoms with Crippen LogP contribution in [0, 0.1) is 0 Å². The smallest absolute Gasteiger partial charge is 0.119 e. The summed E-state index contributed by atoms with van der Waals surface area (Å²) in [5.74, 6) is 0.872. The molecule has 0 atom stereocenters. The first-order valence-corrected chi connectivity index (χ1v) is 7.17. The second kappa shape index (κ2) is 5.88. The van der Waals surface area contributed by atoms with Crippen molar-refractivity contribution in [3.63, 3.8) is 0 Å². The number of likely N-dealkylation sites (tertiary alicyclic amines) is 1. The van der Waals surface area contributed by atoms with Gasteiger partial charge in [-0.05, 0) is 57.5 Å². The predicted molar refractivity (Wildman–Crippen MR) is 82.7 cm³/mol. The van der Waals surface area contributed by atoms with Crippen molar-refractivity contribution in [2.24, 2.45) is 5.73 Å². The summed E-state index contributed by atoms with van der Waals surface area (Å²) in [5, 5.41) is 0. The molecule has 3 nitrogen and oxygen atoms in total. The SMILES string of the molecule is CC1(C)CCCN1CCOc1ccc(C(N)=S)cc1. The van der Waals surface area contributed by atoms with Gasteiger partial charge >= 0.3 is 0 Å². The largest absolute Gasteiger partial charge is 0.492 e. The standard InChI is InChI=1S/C15H22N2OS/c1-15(2)8-3-9-17(15)10-11-18-13-6-4-12(5-7-13)14(16)19/h4-7H,3,8-11H2,1-2H3,(H2,16,19). The van der Waals surface area contributed by atoms with Gasteiger partial charge in [-0.2, -0.15) is 0 Å². The van der Waals surface area contributed by atoms with E-state index >= 15 is 0 Å². The summed E-state index contributed by atoms with van der Waals surface area (Å²) in [7, 11) is 0. The van der Waals surface area contributed by atoms with E-state index in [4.69, 9.17) is 22.7 Å². The van der Waals surface area contributed by atoms with Crippen LogP contribution in [0.3, 0.4) is 0 Å². The van der Waals surface area contributed by atoms with Crippen molar-refractivity contribution in [3.8, 4) is 5.75 Å². The molecule has 2 rings (SSSR count). The van der Waals surface area contributed by atoms with Crippen LogP contribution in [0.15, 0.2) is 24.3 Å². The Kier molecular flexibility index (Phi) is 4.42. The molecule has 1 aromatic rings. The highest BCUT2D eigenvalue weighted by Gasteiger charge is 2.31. The molecule has 1 aliphatic heterocycles. The topological polar surface area (TPSA) is 38.5 Å². The molecule has 0 saturated carbocycles. The zero-order chi connectivity index (χ0) is 13.9. The van der Waals surface area contributed by atoms with Gasteiger partial charge in [-0.1, -0.05) is 12.2 Å². The van der Waals surface area contributed by atoms with E-state index < -0.39 is 0 Å². The summed E-state index contributed by atoms with van der Waals surface area (Å²) < 4.78 is 5.77. The minimum Gasteiger partial charge on any atom is -0.492 e. The lowest BCUT2D eigenvalue weighted by molar-refractivity contribution is 0.143. The molecular formula is C15H22N2OS. The zero-order valence-corrected chi connectivity index (χ0v) is 12.5. The lowest BCUT2D eigenvalue weighted by Crippen LogP contribution is -2.40. The number of hydrogen-bond acceptors (Lipinski definition) is 3. The normalized spacial score (nSPS) is 18.4. The van der Waals surface area contributed by atoms with Crippen LogP contribution in [-0.2, 0) is 0 Å². The third-order valence-electron chi connectivity index (χ3n) is 3.84. The third kappa shape index (κ3) is 3.67. The van der Waals surface area contributed by atoms with E-state index in [1.54, 1.807) is 0 Å². The average Bonchev–Trinajstić information content (AvgIpc) is 2.69. The Morgan fingerprint density at radius 3 is 2.58 bits per heavy atom. The van der Waals surface area contributed by atoms with Crippen LogP contribution >= 0.6 is 12.2 Å². The molecule has 1 fully saturated rings. The maximum absolute atomic E-state index is 5.77. The van der Waals surface area contributed by atoms with Crippen molar-refractivity contribution < 1.29 is 4.74 Å². The summed E-state index contributed by atoms with van der Waals surface area (Å²) in [6, 6.07) is 7.64. The molecule has 0 aromatic heterocycles. The summed E-state index contributed by atoms with van der Waals surface area (Å²) in [6.45, 7) is 7.48. The van der Waals surface area contributed by atoms with Crippen molar-refractivity contribution in [2.45, 2.75) is 32.2 Å². The molecule has 2 N–H and O–H groups in total. The van der Waals surface area contributed by atoms with Crippen LogP contribution in [0.25, 0.3) is 0 Å². The Labute approximate surface area is 120 Å². The molecule has 4 heteroatoms. The van der Waals surface area contributed by atoms with Gasteiger partial charge in [0.25, 0.3) is 0 Å². The van der Waals surface area contributed by atoms with Crippen molar-refractivity contribution in [1.82, 2.24) is 4.90 Å². The molecule has 0 bridgehead atoms. The Morgan fingerprint density at radius 2 is 2.05 bits per heavy atom. The molecule has 0 aliphatic carbocycles. The second-order valence-corrected chi connectivity index (χ2v) is 6.08. The van der Waals surface area contributed by atoms with Crippen molar-refractivity contribution in [3.05, 3.63) is 29.8 Å². The van der Waals surface area contributed by atoms with E-state index in [0.717, 1.165) is 24.5 Å². The fourth-order valence-electron chi connectivity index (χ4n) is 2.57. The minimum absolute atomic E-state index is 0.318. The van der Waals surface area contributed by atoms with Crippen LogP contribution in [0.1, 0.15) is 32.3 Å². The number of rotatable bonds is 5. The van der Waals surface area contributed by atoms with Gasteiger partial charge in [0.05, 0.1) is 0 Å². The van der Waals surface area contributed by atoms with Gasteiger partial charge in [-0.25, -0.2) is 0 Å². The number of hydrogen-bond donors (Lipinski definition) is 1. The Morgan fingerprint density at radius 1 is 1.37 bits per heavy atom. The molecule has 0 radical (unpaired) electrons. The quantitative estimate of drug-likeness (QED) is 0.840. The number of thiocarbonyl (C=S) groups is 1. The molecular weight excluding hydrogens is 256 g/mol. The van der Waals surface area contributed by atoms with Gasteiger partial charge in [0.2, 0.25) is 0 Å². The first-order chi connectivity index (χ1) is 8.99. The molecule has 0 unspecified atom stereocenters. The fourth-order valence-corrected chi connectivity index (χ4v) is 2.70. The number of benzene rings is 1. The van der Waals surface area contributed by atoms with Gasteiger partial charge in [0, 0.05) is 17.6 Å². The molecule has 1 aromatic carbocycles. The Hall–Kier alpha value is -1.13. The van der Waals surface area contributed by atoms with E-state index in [1.165, 1.54) is 19.4 Å². The highest BCUT2D eigenvalue weighted by Crippen LogP contribution is 2.27. The van der Waals surface area contributed by atoms with Gasteiger partial charge in [-0.3, -0.25) is 4.90 Å². The average molecular weight is 278 g/mol. The molecule has 1 saturated heterocycles. The number of nitrogens with two attached hydrogens (primary N) is 1. The molecule has 19 heavy (non-hydrogen) atoms. The van der Waals surface area contributed by atoms with E-state index in [0.29, 0.717) is 10.5 Å². The second-order valence-electron chi connectivity index (χ2n) is 5.64. The molecule has 104 valence electrons. The van der Waals surface area contributed by atoms with Crippen molar-refractivity contribution >= 4 is 17.2 Å². The summed E-state index contributed by atoms with van der Waals surface area (Å²) in [5.41, 5.74) is 6.76. The molecule has 0 spiro atoms. The summed E-state index contributed by atoms with van der Waals surface area (Å²) in [4.78, 5) is 2.92. The Bertz CT molecular complexity index is 442. The van der Waals surface area contributed by atoms with Crippen LogP contribution < -0.4 is 10.5 Å². The van der Waals surface area contributed by atoms with E-state index in [1.807, 2.05) is 24.3 Å². The zero-order valence-electron chi connectivity index (χ0n) is 11.7. The summed E-state index contributed by atoms with van der Waals surface area (Å²) >= 11 is 4.92. The lowest BCUT2D eigenvalue weighted by atomic mass is 10.0. The van der Waals surface area contributed by atoms with Crippen LogP contribution in [0.2, 0.25) is 0 Å². The van der Waals surface area contributed by atoms with Gasteiger partial charge in [0.15, 0.2) is 0 Å². The van der Waals surface area contributed by atoms with Gasteiger partial charge in [0.1, 0.15) is 17.3 Å². The van der Waals surface area contributed by atoms with Crippen molar-refractivity contribution in [2.75, 3.05) is 19.7 Å². The number of ether oxygens (including phenoxy) is 1. The lowest BCUT2D eigenvalue weighted by Gasteiger charge is -2.31. The first-order valence-electron chi connectivity index (χ1n) is 6.77. The third-order valence-corrected chi connectivity index (χ3v) is 4.08. The van der Waals surface area contributed by atoms with Crippen molar-refractivity contribution in [1.29, 1.82) is 0 Å². The van der Waals surface area contributed by atoms with E-state index in [-0.39, 0.29) is 0 Å². The molecule has 0 amide bonds. The van der Waals surface area contributed by atoms with Crippen LogP contribution in [0.5, 0.6) is 5.75 Å². The minimum atomic E-state index is 0.318. The van der Waals surface area contributed by atoms with Gasteiger partial charge < -0.3 is 10.5 Å². The van der Waals surface area contributed by atoms with E-state index in [2.05, 4.69) is 18.7 Å². The molecule has 1 aliphatic rings. The fraction of sp³-hybridized carbons (Fsp3) is 0.533. The predicted octanol–water partition coefficient (Wildman–Crippen LogP) is 2.57. The highest BCUT2D eigenvalue weighted by molar-refractivity contribution is 7.80. The van der Waals surface area contributed by atoms with Gasteiger partial charge in [-0.15, -0.1) is 0 Å². The number of nitrogens with zero attached hydrogens (tertiary/aromatic N) is 1. The maximum atomic E-state index is 5.77. The molecule has 1 heterocycles. The van der Waals surface area contributed by atoms with Crippen LogP contribution in [0.4, 0.5) is 0 Å². The van der Waals surface area contributed by atoms with E-state index in [9.17, 15) is 0 Å². The summed E-state index contributed by atoms with van der Waals surface area (Å²) in [6.07, 6.45) is 2.56. The Balaban J connectivity index is 1.81.